The molecule has 9 nitrogen and oxygen atoms in total. The van der Waals surface area contributed by atoms with Crippen LogP contribution in [0.5, 0.6) is 10.9 Å². The summed E-state index contributed by atoms with van der Waals surface area (Å²) in [7, 11) is 0. The normalized spacial score (nSPS) is 15.6. The highest BCUT2D eigenvalue weighted by molar-refractivity contribution is 7.20. The zero-order chi connectivity index (χ0) is 23.7. The van der Waals surface area contributed by atoms with Crippen molar-refractivity contribution in [3.63, 3.8) is 0 Å². The molecule has 0 unspecified atom stereocenters. The van der Waals surface area contributed by atoms with Crippen molar-refractivity contribution < 1.29 is 23.5 Å². The molecule has 1 aliphatic rings. The first-order chi connectivity index (χ1) is 16.3. The Balaban J connectivity index is 1.18. The third kappa shape index (κ3) is 5.30. The number of piperazine rings is 1. The molecular weight excluding hydrogens is 456 g/mol. The first kappa shape index (κ1) is 22.6. The van der Waals surface area contributed by atoms with Crippen LogP contribution < -0.4 is 4.74 Å². The predicted octanol–water partition coefficient (Wildman–Crippen LogP) is 5.21. The zero-order valence-corrected chi connectivity index (χ0v) is 20.1. The highest BCUT2D eigenvalue weighted by Gasteiger charge is 2.24. The minimum absolute atomic E-state index is 0.548. The summed E-state index contributed by atoms with van der Waals surface area (Å²) in [6.07, 6.45) is 2.84. The molecule has 1 saturated heterocycles. The fraction of sp³-hybridized carbons (Fsp3) is 0.375. The molecule has 1 fully saturated rings. The SMILES string of the molecule is CC(C)(C)OC(=O)ON1CCN(Cc2coc3cc(Oc4nc5ncccc5s4)ccc23)CC1. The first-order valence-electron chi connectivity index (χ1n) is 11.1. The molecule has 0 radical (unpaired) electrons. The number of carbonyl (C=O) groups excluding carboxylic acids is 1. The molecule has 3 aromatic heterocycles. The van der Waals surface area contributed by atoms with Crippen molar-refractivity contribution in [3.8, 4) is 10.9 Å². The van der Waals surface area contributed by atoms with Crippen molar-refractivity contribution in [1.29, 1.82) is 0 Å². The van der Waals surface area contributed by atoms with E-state index in [-0.39, 0.29) is 0 Å². The third-order valence-electron chi connectivity index (χ3n) is 5.30. The second-order valence-corrected chi connectivity index (χ2v) is 10.1. The quantitative estimate of drug-likeness (QED) is 0.355. The van der Waals surface area contributed by atoms with Crippen molar-refractivity contribution in [2.45, 2.75) is 32.9 Å². The number of nitrogens with zero attached hydrogens (tertiary/aromatic N) is 4. The second kappa shape index (κ2) is 9.21. The molecule has 0 amide bonds. The summed E-state index contributed by atoms with van der Waals surface area (Å²) in [4.78, 5) is 28.1. The number of benzene rings is 1. The summed E-state index contributed by atoms with van der Waals surface area (Å²) in [5.74, 6) is 0.667. The molecular formula is C24H26N4O5S. The number of hydroxylamine groups is 2. The molecule has 0 spiro atoms. The molecule has 0 N–H and O–H groups in total. The van der Waals surface area contributed by atoms with Gasteiger partial charge in [-0.05, 0) is 45.0 Å². The summed E-state index contributed by atoms with van der Waals surface area (Å²) in [5, 5.41) is 3.25. The largest absolute Gasteiger partial charge is 0.528 e. The van der Waals surface area contributed by atoms with Gasteiger partial charge in [-0.15, -0.1) is 5.06 Å². The minimum atomic E-state index is -0.665. The van der Waals surface area contributed by atoms with Gasteiger partial charge >= 0.3 is 6.16 Å². The Morgan fingerprint density at radius 1 is 1.18 bits per heavy atom. The van der Waals surface area contributed by atoms with Crippen molar-refractivity contribution >= 4 is 38.8 Å². The molecule has 34 heavy (non-hydrogen) atoms. The van der Waals surface area contributed by atoms with Crippen LogP contribution in [0.25, 0.3) is 21.3 Å². The maximum atomic E-state index is 11.9. The lowest BCUT2D eigenvalue weighted by Crippen LogP contribution is -2.46. The zero-order valence-electron chi connectivity index (χ0n) is 19.3. The summed E-state index contributed by atoms with van der Waals surface area (Å²) in [5.41, 5.74) is 1.98. The summed E-state index contributed by atoms with van der Waals surface area (Å²) in [6.45, 7) is 8.95. The third-order valence-corrected chi connectivity index (χ3v) is 6.18. The van der Waals surface area contributed by atoms with Gasteiger partial charge < -0.3 is 18.7 Å². The predicted molar refractivity (Wildman–Crippen MR) is 128 cm³/mol. The minimum Gasteiger partial charge on any atom is -0.464 e. The van der Waals surface area contributed by atoms with Gasteiger partial charge in [-0.2, -0.15) is 4.98 Å². The molecule has 4 aromatic rings. The monoisotopic (exact) mass is 482 g/mol. The van der Waals surface area contributed by atoms with Crippen LogP contribution in [0.3, 0.4) is 0 Å². The Morgan fingerprint density at radius 2 is 2.00 bits per heavy atom. The lowest BCUT2D eigenvalue weighted by atomic mass is 10.1. The van der Waals surface area contributed by atoms with Gasteiger partial charge in [0.25, 0.3) is 5.19 Å². The maximum Gasteiger partial charge on any atom is 0.528 e. The maximum absolute atomic E-state index is 11.9. The van der Waals surface area contributed by atoms with Gasteiger partial charge in [0.2, 0.25) is 0 Å². The van der Waals surface area contributed by atoms with E-state index >= 15 is 0 Å². The van der Waals surface area contributed by atoms with Gasteiger partial charge in [0.1, 0.15) is 16.9 Å². The number of furan rings is 1. The molecule has 10 heteroatoms. The van der Waals surface area contributed by atoms with Gasteiger partial charge in [0.05, 0.1) is 11.0 Å². The molecule has 0 atom stereocenters. The van der Waals surface area contributed by atoms with E-state index in [1.165, 1.54) is 11.3 Å². The fourth-order valence-corrected chi connectivity index (χ4v) is 4.53. The standard InChI is InChI=1S/C24H26N4O5S/c1-24(2,3)32-23(29)33-28-11-9-27(10-12-28)14-16-15-30-19-13-17(6-7-18(16)19)31-22-26-21-20(34-22)5-4-8-25-21/h4-8,13,15H,9-12,14H2,1-3H3. The smallest absolute Gasteiger partial charge is 0.464 e. The van der Waals surface area contributed by atoms with Gasteiger partial charge in [-0.25, -0.2) is 9.78 Å². The molecule has 0 aliphatic carbocycles. The van der Waals surface area contributed by atoms with Gasteiger partial charge in [0.15, 0.2) is 5.65 Å². The summed E-state index contributed by atoms with van der Waals surface area (Å²) in [6, 6.07) is 9.67. The number of fused-ring (bicyclic) bond motifs is 2. The van der Waals surface area contributed by atoms with Crippen LogP contribution in [-0.2, 0) is 16.1 Å². The van der Waals surface area contributed by atoms with Crippen LogP contribution in [0.2, 0.25) is 0 Å². The van der Waals surface area contributed by atoms with Crippen molar-refractivity contribution in [2.24, 2.45) is 0 Å². The van der Waals surface area contributed by atoms with Crippen LogP contribution in [0.15, 0.2) is 47.2 Å². The molecule has 1 aliphatic heterocycles. The number of pyridine rings is 1. The van der Waals surface area contributed by atoms with E-state index in [4.69, 9.17) is 18.7 Å². The lowest BCUT2D eigenvalue weighted by molar-refractivity contribution is -0.158. The molecule has 0 bridgehead atoms. The number of aromatic nitrogens is 2. The highest BCUT2D eigenvalue weighted by atomic mass is 32.1. The summed E-state index contributed by atoms with van der Waals surface area (Å²) >= 11 is 1.46. The van der Waals surface area contributed by atoms with E-state index < -0.39 is 11.8 Å². The van der Waals surface area contributed by atoms with Crippen molar-refractivity contribution in [3.05, 3.63) is 48.4 Å². The Bertz CT molecular complexity index is 1270. The molecule has 1 aromatic carbocycles. The number of hydrogen-bond acceptors (Lipinski definition) is 10. The van der Waals surface area contributed by atoms with E-state index in [1.54, 1.807) is 17.5 Å². The van der Waals surface area contributed by atoms with Gasteiger partial charge in [-0.1, -0.05) is 11.3 Å². The van der Waals surface area contributed by atoms with E-state index in [2.05, 4.69) is 14.9 Å². The average Bonchev–Trinajstić information content (AvgIpc) is 3.37. The Morgan fingerprint density at radius 3 is 2.76 bits per heavy atom. The van der Waals surface area contributed by atoms with E-state index in [0.717, 1.165) is 40.9 Å². The number of rotatable bonds is 5. The lowest BCUT2D eigenvalue weighted by Gasteiger charge is -2.33. The van der Waals surface area contributed by atoms with Crippen LogP contribution in [0, 0.1) is 0 Å². The Hall–Kier alpha value is -3.21. The van der Waals surface area contributed by atoms with E-state index in [9.17, 15) is 4.79 Å². The summed E-state index contributed by atoms with van der Waals surface area (Å²) < 4.78 is 18.0. The van der Waals surface area contributed by atoms with E-state index in [1.807, 2.05) is 51.1 Å². The first-order valence-corrected chi connectivity index (χ1v) is 11.9. The number of thiazole rings is 1. The second-order valence-electron chi connectivity index (χ2n) is 9.09. The number of carbonyl (C=O) groups is 1. The molecule has 0 saturated carbocycles. The Kier molecular flexibility index (Phi) is 6.11. The molecule has 178 valence electrons. The Labute approximate surface area is 200 Å². The van der Waals surface area contributed by atoms with Crippen molar-refractivity contribution in [1.82, 2.24) is 19.9 Å². The van der Waals surface area contributed by atoms with Crippen molar-refractivity contribution in [2.75, 3.05) is 26.2 Å². The van der Waals surface area contributed by atoms with Crippen LogP contribution in [0.1, 0.15) is 26.3 Å². The van der Waals surface area contributed by atoms with Crippen LogP contribution in [-0.4, -0.2) is 57.9 Å². The molecule has 4 heterocycles. The van der Waals surface area contributed by atoms with Crippen LogP contribution >= 0.6 is 11.3 Å². The fourth-order valence-electron chi connectivity index (χ4n) is 3.74. The molecule has 5 rings (SSSR count). The van der Waals surface area contributed by atoms with Gasteiger partial charge in [-0.3, -0.25) is 4.90 Å². The number of ether oxygens (including phenoxy) is 2. The van der Waals surface area contributed by atoms with Crippen LogP contribution in [0.4, 0.5) is 4.79 Å². The average molecular weight is 483 g/mol. The van der Waals surface area contributed by atoms with Gasteiger partial charge in [0, 0.05) is 55.9 Å². The highest BCUT2D eigenvalue weighted by Crippen LogP contribution is 2.33. The topological polar surface area (TPSA) is 90.2 Å². The van der Waals surface area contributed by atoms with E-state index in [0.29, 0.717) is 29.7 Å². The number of hydrogen-bond donors (Lipinski definition) is 0.